The van der Waals surface area contributed by atoms with E-state index in [2.05, 4.69) is 0 Å². The van der Waals surface area contributed by atoms with Gasteiger partial charge in [-0.25, -0.2) is 9.59 Å². The Morgan fingerprint density at radius 2 is 1.82 bits per heavy atom. The van der Waals surface area contributed by atoms with Gasteiger partial charge in [-0.1, -0.05) is 18.2 Å². The summed E-state index contributed by atoms with van der Waals surface area (Å²) in [6.45, 7) is 0.498. The molecule has 0 radical (unpaired) electrons. The topological polar surface area (TPSA) is 73.5 Å². The lowest BCUT2D eigenvalue weighted by atomic mass is 9.96. The monoisotopic (exact) mass is 379 g/mol. The molecule has 0 spiro atoms. The average Bonchev–Trinajstić information content (AvgIpc) is 2.97. The number of benzene rings is 2. The minimum absolute atomic E-state index is 0.0535. The van der Waals surface area contributed by atoms with Crippen molar-refractivity contribution in [3.8, 4) is 0 Å². The first kappa shape index (κ1) is 18.0. The van der Waals surface area contributed by atoms with E-state index in [4.69, 9.17) is 4.74 Å². The number of fused-ring (bicyclic) bond motifs is 2. The lowest BCUT2D eigenvalue weighted by Gasteiger charge is -2.30. The van der Waals surface area contributed by atoms with Crippen LogP contribution in [0.2, 0.25) is 0 Å². The molecule has 0 bridgehead atoms. The Hall–Kier alpha value is -3.35. The van der Waals surface area contributed by atoms with Crippen LogP contribution in [0.3, 0.4) is 0 Å². The number of amides is 1. The standard InChI is InChI=1S/C21H21N3O4/c1-22-17-9-3-4-10-18(17)24(21(22)27)13-19(25)23-12-6-8-14-15(20(26)28-2)7-5-11-16(14)23/h3-5,7,9-11H,6,8,12-13H2,1-2H3. The molecule has 1 aromatic heterocycles. The second kappa shape index (κ2) is 6.99. The summed E-state index contributed by atoms with van der Waals surface area (Å²) in [5, 5.41) is 0. The van der Waals surface area contributed by atoms with Gasteiger partial charge in [-0.3, -0.25) is 13.9 Å². The van der Waals surface area contributed by atoms with E-state index < -0.39 is 5.97 Å². The third-order valence-corrected chi connectivity index (χ3v) is 5.30. The molecule has 7 nitrogen and oxygen atoms in total. The lowest BCUT2D eigenvalue weighted by molar-refractivity contribution is -0.119. The summed E-state index contributed by atoms with van der Waals surface area (Å²) < 4.78 is 7.91. The Kier molecular flexibility index (Phi) is 4.50. The zero-order valence-corrected chi connectivity index (χ0v) is 15.8. The molecule has 3 aromatic rings. The zero-order valence-electron chi connectivity index (χ0n) is 15.8. The molecule has 28 heavy (non-hydrogen) atoms. The number of para-hydroxylation sites is 2. The molecule has 4 rings (SSSR count). The maximum Gasteiger partial charge on any atom is 0.338 e. The maximum absolute atomic E-state index is 13.1. The predicted molar refractivity (Wildman–Crippen MR) is 106 cm³/mol. The number of methoxy groups -OCH3 is 1. The van der Waals surface area contributed by atoms with Crippen molar-refractivity contribution in [2.75, 3.05) is 18.6 Å². The summed E-state index contributed by atoms with van der Waals surface area (Å²) in [6, 6.07) is 12.7. The number of rotatable bonds is 3. The molecule has 2 aromatic carbocycles. The number of imidazole rings is 1. The first-order chi connectivity index (χ1) is 13.5. The molecule has 0 N–H and O–H groups in total. The number of hydrogen-bond donors (Lipinski definition) is 0. The highest BCUT2D eigenvalue weighted by Crippen LogP contribution is 2.30. The molecule has 1 aliphatic rings. The molecule has 0 aliphatic carbocycles. The molecular formula is C21H21N3O4. The highest BCUT2D eigenvalue weighted by molar-refractivity contribution is 5.99. The van der Waals surface area contributed by atoms with Gasteiger partial charge in [0.05, 0.1) is 23.7 Å². The number of nitrogens with zero attached hydrogens (tertiary/aromatic N) is 3. The number of aryl methyl sites for hydroxylation is 1. The fourth-order valence-corrected chi connectivity index (χ4v) is 3.92. The molecule has 0 atom stereocenters. The molecule has 0 saturated heterocycles. The van der Waals surface area contributed by atoms with Crippen LogP contribution in [0.4, 0.5) is 5.69 Å². The summed E-state index contributed by atoms with van der Waals surface area (Å²) >= 11 is 0. The van der Waals surface area contributed by atoms with Crippen molar-refractivity contribution in [1.82, 2.24) is 9.13 Å². The first-order valence-corrected chi connectivity index (χ1v) is 9.17. The van der Waals surface area contributed by atoms with Crippen molar-refractivity contribution in [3.05, 3.63) is 64.1 Å². The van der Waals surface area contributed by atoms with E-state index >= 15 is 0 Å². The van der Waals surface area contributed by atoms with Crippen molar-refractivity contribution < 1.29 is 14.3 Å². The van der Waals surface area contributed by atoms with Crippen LogP contribution in [0, 0.1) is 0 Å². The van der Waals surface area contributed by atoms with Crippen LogP contribution in [-0.4, -0.2) is 34.7 Å². The molecule has 0 saturated carbocycles. The van der Waals surface area contributed by atoms with Crippen LogP contribution < -0.4 is 10.6 Å². The molecule has 7 heteroatoms. The molecule has 0 unspecified atom stereocenters. The van der Waals surface area contributed by atoms with Gasteiger partial charge in [-0.05, 0) is 42.7 Å². The van der Waals surface area contributed by atoms with Gasteiger partial charge in [0.1, 0.15) is 6.54 Å². The third kappa shape index (κ3) is 2.79. The molecule has 144 valence electrons. The third-order valence-electron chi connectivity index (χ3n) is 5.30. The van der Waals surface area contributed by atoms with Crippen molar-refractivity contribution in [3.63, 3.8) is 0 Å². The SMILES string of the molecule is COC(=O)c1cccc2c1CCCN2C(=O)Cn1c(=O)n(C)c2ccccc21. The van der Waals surface area contributed by atoms with Gasteiger partial charge in [0, 0.05) is 19.3 Å². The highest BCUT2D eigenvalue weighted by atomic mass is 16.5. The number of anilines is 1. The maximum atomic E-state index is 13.1. The van der Waals surface area contributed by atoms with Crippen molar-refractivity contribution in [1.29, 1.82) is 0 Å². The van der Waals surface area contributed by atoms with Gasteiger partial charge >= 0.3 is 11.7 Å². The zero-order chi connectivity index (χ0) is 19.8. The Morgan fingerprint density at radius 1 is 1.07 bits per heavy atom. The second-order valence-electron chi connectivity index (χ2n) is 6.86. The summed E-state index contributed by atoms with van der Waals surface area (Å²) in [5.41, 5.74) is 3.30. The molecule has 1 amide bonds. The van der Waals surface area contributed by atoms with Crippen molar-refractivity contribution in [2.45, 2.75) is 19.4 Å². The van der Waals surface area contributed by atoms with Crippen LogP contribution >= 0.6 is 0 Å². The quantitative estimate of drug-likeness (QED) is 0.654. The minimum atomic E-state index is -0.406. The van der Waals surface area contributed by atoms with Crippen LogP contribution in [0.15, 0.2) is 47.3 Å². The summed E-state index contributed by atoms with van der Waals surface area (Å²) in [5.74, 6) is -0.585. The number of aromatic nitrogens is 2. The van der Waals surface area contributed by atoms with Gasteiger partial charge < -0.3 is 9.64 Å². The Morgan fingerprint density at radius 3 is 2.57 bits per heavy atom. The summed E-state index contributed by atoms with van der Waals surface area (Å²) in [4.78, 5) is 39.5. The number of hydrogen-bond acceptors (Lipinski definition) is 4. The number of carbonyl (C=O) groups is 2. The minimum Gasteiger partial charge on any atom is -0.465 e. The normalized spacial score (nSPS) is 13.4. The largest absolute Gasteiger partial charge is 0.465 e. The van der Waals surface area contributed by atoms with Gasteiger partial charge in [-0.2, -0.15) is 0 Å². The molecular weight excluding hydrogens is 358 g/mol. The van der Waals surface area contributed by atoms with Gasteiger partial charge in [0.15, 0.2) is 0 Å². The van der Waals surface area contributed by atoms with Gasteiger partial charge in [0.2, 0.25) is 5.91 Å². The van der Waals surface area contributed by atoms with E-state index in [1.54, 1.807) is 28.6 Å². The number of ether oxygens (including phenoxy) is 1. The lowest BCUT2D eigenvalue weighted by Crippen LogP contribution is -2.40. The van der Waals surface area contributed by atoms with Crippen LogP contribution in [0.5, 0.6) is 0 Å². The van der Waals surface area contributed by atoms with E-state index in [1.165, 1.54) is 11.7 Å². The van der Waals surface area contributed by atoms with E-state index in [1.807, 2.05) is 30.3 Å². The highest BCUT2D eigenvalue weighted by Gasteiger charge is 2.27. The fraction of sp³-hybridized carbons (Fsp3) is 0.286. The van der Waals surface area contributed by atoms with Gasteiger partial charge in [-0.15, -0.1) is 0 Å². The average molecular weight is 379 g/mol. The van der Waals surface area contributed by atoms with E-state index in [9.17, 15) is 14.4 Å². The number of carbonyl (C=O) groups excluding carboxylic acids is 2. The summed E-state index contributed by atoms with van der Waals surface area (Å²) in [6.07, 6.45) is 1.45. The molecule has 1 aliphatic heterocycles. The van der Waals surface area contributed by atoms with Crippen molar-refractivity contribution in [2.24, 2.45) is 7.05 Å². The van der Waals surface area contributed by atoms with E-state index in [-0.39, 0.29) is 18.1 Å². The van der Waals surface area contributed by atoms with Crippen LogP contribution in [0.25, 0.3) is 11.0 Å². The van der Waals surface area contributed by atoms with E-state index in [0.29, 0.717) is 24.2 Å². The number of esters is 1. The Bertz CT molecular complexity index is 1140. The first-order valence-electron chi connectivity index (χ1n) is 9.17. The molecule has 2 heterocycles. The Labute approximate surface area is 161 Å². The summed E-state index contributed by atoms with van der Waals surface area (Å²) in [7, 11) is 3.05. The Balaban J connectivity index is 1.71. The van der Waals surface area contributed by atoms with Gasteiger partial charge in [0.25, 0.3) is 0 Å². The molecule has 0 fully saturated rings. The second-order valence-corrected chi connectivity index (χ2v) is 6.86. The predicted octanol–water partition coefficient (Wildman–Crippen LogP) is 2.11. The van der Waals surface area contributed by atoms with Crippen LogP contribution in [0.1, 0.15) is 22.3 Å². The van der Waals surface area contributed by atoms with E-state index in [0.717, 1.165) is 23.0 Å². The fourth-order valence-electron chi connectivity index (χ4n) is 3.92. The van der Waals surface area contributed by atoms with Crippen LogP contribution in [-0.2, 0) is 29.5 Å². The smallest absolute Gasteiger partial charge is 0.338 e. The van der Waals surface area contributed by atoms with Crippen molar-refractivity contribution >= 4 is 28.6 Å².